The lowest BCUT2D eigenvalue weighted by atomic mass is 10.4. The minimum Gasteiger partial charge on any atom is -0.493 e. The fourth-order valence-electron chi connectivity index (χ4n) is 1.02. The van der Waals surface area contributed by atoms with Crippen molar-refractivity contribution >= 4 is 21.6 Å². The van der Waals surface area contributed by atoms with E-state index < -0.39 is 0 Å². The normalized spacial score (nSPS) is 10.5. The minimum absolute atomic E-state index is 0.710. The highest BCUT2D eigenvalue weighted by atomic mass is 79.9. The molecule has 62 valence electrons. The number of rotatable bonds is 1. The van der Waals surface area contributed by atoms with Gasteiger partial charge in [-0.1, -0.05) is 0 Å². The van der Waals surface area contributed by atoms with Gasteiger partial charge in [-0.15, -0.1) is 0 Å². The number of hydrogen-bond acceptors (Lipinski definition) is 3. The van der Waals surface area contributed by atoms with Crippen molar-refractivity contribution < 1.29 is 4.74 Å². The van der Waals surface area contributed by atoms with Gasteiger partial charge >= 0.3 is 0 Å². The third-order valence-corrected chi connectivity index (χ3v) is 1.96. The molecule has 5 heteroatoms. The summed E-state index contributed by atoms with van der Waals surface area (Å²) in [5.74, 6) is 0.710. The van der Waals surface area contributed by atoms with Crippen LogP contribution in [0.25, 0.3) is 5.65 Å². The van der Waals surface area contributed by atoms with Crippen LogP contribution in [-0.2, 0) is 0 Å². The molecule has 0 amide bonds. The first kappa shape index (κ1) is 7.54. The van der Waals surface area contributed by atoms with E-state index >= 15 is 0 Å². The van der Waals surface area contributed by atoms with Crippen molar-refractivity contribution in [3.63, 3.8) is 0 Å². The number of aromatic nitrogens is 3. The molecule has 0 radical (unpaired) electrons. The Morgan fingerprint density at radius 3 is 3.17 bits per heavy atom. The van der Waals surface area contributed by atoms with E-state index in [0.717, 1.165) is 10.1 Å². The Morgan fingerprint density at radius 1 is 1.58 bits per heavy atom. The van der Waals surface area contributed by atoms with Gasteiger partial charge in [0.15, 0.2) is 11.4 Å². The topological polar surface area (TPSA) is 39.4 Å². The van der Waals surface area contributed by atoms with Crippen LogP contribution in [0.1, 0.15) is 0 Å². The highest BCUT2D eigenvalue weighted by Gasteiger charge is 2.04. The van der Waals surface area contributed by atoms with Gasteiger partial charge in [-0.25, -0.2) is 9.50 Å². The number of pyridine rings is 1. The molecule has 2 aromatic rings. The molecule has 0 N–H and O–H groups in total. The summed E-state index contributed by atoms with van der Waals surface area (Å²) in [5, 5.41) is 3.98. The summed E-state index contributed by atoms with van der Waals surface area (Å²) in [4.78, 5) is 4.04. The molecule has 12 heavy (non-hydrogen) atoms. The SMILES string of the molecule is COc1cc(Br)cn2ncnc12. The molecular weight excluding hydrogens is 222 g/mol. The molecule has 0 spiro atoms. The van der Waals surface area contributed by atoms with Gasteiger partial charge in [0, 0.05) is 10.7 Å². The average Bonchev–Trinajstić information content (AvgIpc) is 2.50. The molecule has 4 nitrogen and oxygen atoms in total. The highest BCUT2D eigenvalue weighted by Crippen LogP contribution is 2.21. The van der Waals surface area contributed by atoms with Crippen LogP contribution >= 0.6 is 15.9 Å². The molecule has 0 fully saturated rings. The molecule has 0 saturated carbocycles. The molecular formula is C7H6BrN3O. The van der Waals surface area contributed by atoms with Gasteiger partial charge in [0.05, 0.1) is 7.11 Å². The molecule has 0 saturated heterocycles. The Labute approximate surface area is 77.3 Å². The summed E-state index contributed by atoms with van der Waals surface area (Å²) in [5.41, 5.74) is 0.723. The number of hydrogen-bond donors (Lipinski definition) is 0. The molecule has 0 aromatic carbocycles. The number of ether oxygens (including phenoxy) is 1. The predicted molar refractivity (Wildman–Crippen MR) is 47.2 cm³/mol. The van der Waals surface area contributed by atoms with Crippen LogP contribution < -0.4 is 4.74 Å². The van der Waals surface area contributed by atoms with Crippen LogP contribution in [0.15, 0.2) is 23.1 Å². The van der Waals surface area contributed by atoms with Gasteiger partial charge in [0.2, 0.25) is 0 Å². The summed E-state index contributed by atoms with van der Waals surface area (Å²) in [6, 6.07) is 1.85. The Morgan fingerprint density at radius 2 is 2.42 bits per heavy atom. The Bertz CT molecular complexity index is 412. The monoisotopic (exact) mass is 227 g/mol. The predicted octanol–water partition coefficient (Wildman–Crippen LogP) is 1.50. The van der Waals surface area contributed by atoms with E-state index in [9.17, 15) is 0 Å². The van der Waals surface area contributed by atoms with Crippen molar-refractivity contribution in [3.05, 3.63) is 23.1 Å². The fourth-order valence-corrected chi connectivity index (χ4v) is 1.42. The Kier molecular flexibility index (Phi) is 1.73. The molecule has 0 aliphatic heterocycles. The van der Waals surface area contributed by atoms with Gasteiger partial charge in [0.1, 0.15) is 6.33 Å². The molecule has 0 aliphatic rings. The second kappa shape index (κ2) is 2.75. The highest BCUT2D eigenvalue weighted by molar-refractivity contribution is 9.10. The van der Waals surface area contributed by atoms with Crippen molar-refractivity contribution in [2.75, 3.05) is 7.11 Å². The standard InChI is InChI=1S/C7H6BrN3O/c1-12-6-2-5(8)3-11-7(6)9-4-10-11/h2-4H,1H3. The van der Waals surface area contributed by atoms with Crippen LogP contribution in [-0.4, -0.2) is 21.7 Å². The molecule has 2 rings (SSSR count). The van der Waals surface area contributed by atoms with Crippen LogP contribution in [0.5, 0.6) is 5.75 Å². The Balaban J connectivity index is 2.80. The van der Waals surface area contributed by atoms with Gasteiger partial charge in [-0.2, -0.15) is 5.10 Å². The summed E-state index contributed by atoms with van der Waals surface area (Å²) < 4.78 is 7.68. The maximum Gasteiger partial charge on any atom is 0.197 e. The molecule has 2 aromatic heterocycles. The molecule has 2 heterocycles. The lowest BCUT2D eigenvalue weighted by molar-refractivity contribution is 0.416. The quantitative estimate of drug-likeness (QED) is 0.742. The van der Waals surface area contributed by atoms with Crippen molar-refractivity contribution in [2.45, 2.75) is 0 Å². The van der Waals surface area contributed by atoms with E-state index in [1.165, 1.54) is 6.33 Å². The van der Waals surface area contributed by atoms with Gasteiger partial charge < -0.3 is 4.74 Å². The zero-order valence-corrected chi connectivity index (χ0v) is 7.95. The summed E-state index contributed by atoms with van der Waals surface area (Å²) >= 11 is 3.34. The van der Waals surface area contributed by atoms with Crippen LogP contribution in [0.4, 0.5) is 0 Å². The van der Waals surface area contributed by atoms with Gasteiger partial charge in [-0.3, -0.25) is 0 Å². The van der Waals surface area contributed by atoms with Crippen molar-refractivity contribution in [2.24, 2.45) is 0 Å². The van der Waals surface area contributed by atoms with Crippen molar-refractivity contribution in [1.82, 2.24) is 14.6 Å². The van der Waals surface area contributed by atoms with E-state index in [1.54, 1.807) is 11.6 Å². The molecule has 0 aliphatic carbocycles. The smallest absolute Gasteiger partial charge is 0.197 e. The second-order valence-electron chi connectivity index (χ2n) is 2.25. The lowest BCUT2D eigenvalue weighted by Crippen LogP contribution is -1.91. The second-order valence-corrected chi connectivity index (χ2v) is 3.17. The van der Waals surface area contributed by atoms with Crippen LogP contribution in [0, 0.1) is 0 Å². The summed E-state index contributed by atoms with van der Waals surface area (Å²) in [7, 11) is 1.61. The molecule has 0 unspecified atom stereocenters. The number of methoxy groups -OCH3 is 1. The average molecular weight is 228 g/mol. The summed E-state index contributed by atoms with van der Waals surface area (Å²) in [6.45, 7) is 0. The lowest BCUT2D eigenvalue weighted by Gasteiger charge is -2.01. The van der Waals surface area contributed by atoms with E-state index in [4.69, 9.17) is 4.74 Å². The van der Waals surface area contributed by atoms with E-state index in [1.807, 2.05) is 12.3 Å². The number of nitrogens with zero attached hydrogens (tertiary/aromatic N) is 3. The third-order valence-electron chi connectivity index (χ3n) is 1.53. The first-order valence-corrected chi connectivity index (χ1v) is 4.13. The maximum atomic E-state index is 5.11. The Hall–Kier alpha value is -1.10. The molecule has 0 bridgehead atoms. The van der Waals surface area contributed by atoms with Gasteiger partial charge in [-0.05, 0) is 22.0 Å². The third kappa shape index (κ3) is 1.06. The fraction of sp³-hybridized carbons (Fsp3) is 0.143. The summed E-state index contributed by atoms with van der Waals surface area (Å²) in [6.07, 6.45) is 3.31. The first-order chi connectivity index (χ1) is 5.81. The molecule has 0 atom stereocenters. The number of fused-ring (bicyclic) bond motifs is 1. The van der Waals surface area contributed by atoms with Crippen molar-refractivity contribution in [1.29, 1.82) is 0 Å². The zero-order chi connectivity index (χ0) is 8.55. The minimum atomic E-state index is 0.710. The first-order valence-electron chi connectivity index (χ1n) is 3.34. The van der Waals surface area contributed by atoms with Gasteiger partial charge in [0.25, 0.3) is 0 Å². The van der Waals surface area contributed by atoms with Crippen molar-refractivity contribution in [3.8, 4) is 5.75 Å². The van der Waals surface area contributed by atoms with E-state index in [-0.39, 0.29) is 0 Å². The van der Waals surface area contributed by atoms with E-state index in [0.29, 0.717) is 5.75 Å². The van der Waals surface area contributed by atoms with Crippen LogP contribution in [0.3, 0.4) is 0 Å². The van der Waals surface area contributed by atoms with E-state index in [2.05, 4.69) is 26.0 Å². The zero-order valence-electron chi connectivity index (χ0n) is 6.36. The number of halogens is 1. The van der Waals surface area contributed by atoms with Crippen LogP contribution in [0.2, 0.25) is 0 Å². The maximum absolute atomic E-state index is 5.11. The largest absolute Gasteiger partial charge is 0.493 e.